The smallest absolute Gasteiger partial charge is 0.267 e. The zero-order valence-corrected chi connectivity index (χ0v) is 15.7. The van der Waals surface area contributed by atoms with Crippen LogP contribution in [0.2, 0.25) is 0 Å². The molecular formula is C23H16N2O2S. The number of amides is 2. The van der Waals surface area contributed by atoms with Gasteiger partial charge >= 0.3 is 0 Å². The second-order valence-electron chi connectivity index (χ2n) is 6.03. The molecule has 1 heterocycles. The second kappa shape index (κ2) is 8.06. The number of imide groups is 1. The number of rotatable bonds is 4. The van der Waals surface area contributed by atoms with Crippen LogP contribution in [0.25, 0.3) is 0 Å². The summed E-state index contributed by atoms with van der Waals surface area (Å²) < 4.78 is 0. The molecule has 3 aromatic rings. The quantitative estimate of drug-likeness (QED) is 0.265. The van der Waals surface area contributed by atoms with Gasteiger partial charge in [-0.15, -0.1) is 0 Å². The van der Waals surface area contributed by atoms with E-state index in [1.54, 1.807) is 30.3 Å². The van der Waals surface area contributed by atoms with Crippen LogP contribution in [-0.2, 0) is 0 Å². The van der Waals surface area contributed by atoms with Gasteiger partial charge in [-0.1, -0.05) is 60.3 Å². The van der Waals surface area contributed by atoms with E-state index >= 15 is 0 Å². The standard InChI is InChI=1S/C23H16N2O2S/c26-22-19-13-7-8-14-20(19)23(27)25(22)21(24-17-9-3-1-4-10-17)15-16-28-18-11-5-2-6-12-18/h1-16H. The van der Waals surface area contributed by atoms with Crippen molar-refractivity contribution in [3.05, 3.63) is 108 Å². The molecular weight excluding hydrogens is 368 g/mol. The maximum atomic E-state index is 12.9. The fraction of sp³-hybridized carbons (Fsp3) is 0. The SMILES string of the molecule is O=C1c2ccccc2C(=O)N1C(C=CSc1ccccc1)=Nc1ccccc1. The van der Waals surface area contributed by atoms with Crippen LogP contribution in [0.3, 0.4) is 0 Å². The molecule has 0 radical (unpaired) electrons. The molecule has 0 bridgehead atoms. The maximum absolute atomic E-state index is 12.9. The van der Waals surface area contributed by atoms with Gasteiger partial charge in [0.1, 0.15) is 5.84 Å². The minimum absolute atomic E-state index is 0.292. The van der Waals surface area contributed by atoms with Gasteiger partial charge in [-0.25, -0.2) is 9.89 Å². The summed E-state index contributed by atoms with van der Waals surface area (Å²) in [5.41, 5.74) is 1.47. The topological polar surface area (TPSA) is 49.7 Å². The van der Waals surface area contributed by atoms with Gasteiger partial charge in [-0.2, -0.15) is 0 Å². The maximum Gasteiger partial charge on any atom is 0.267 e. The number of hydrogen-bond acceptors (Lipinski definition) is 4. The van der Waals surface area contributed by atoms with E-state index in [-0.39, 0.29) is 11.8 Å². The molecule has 4 rings (SSSR count). The van der Waals surface area contributed by atoms with E-state index in [4.69, 9.17) is 0 Å². The van der Waals surface area contributed by atoms with Crippen molar-refractivity contribution in [1.82, 2.24) is 4.90 Å². The fourth-order valence-corrected chi connectivity index (χ4v) is 3.53. The summed E-state index contributed by atoms with van der Waals surface area (Å²) in [5.74, 6) is -0.421. The third-order valence-corrected chi connectivity index (χ3v) is 5.00. The first kappa shape index (κ1) is 17.9. The Bertz CT molecular complexity index is 1040. The molecule has 1 aliphatic heterocycles. The normalized spacial score (nSPS) is 14.0. The van der Waals surface area contributed by atoms with Crippen LogP contribution in [0.15, 0.2) is 106 Å². The van der Waals surface area contributed by atoms with Gasteiger partial charge in [0.25, 0.3) is 11.8 Å². The molecule has 136 valence electrons. The number of carbonyl (C=O) groups is 2. The number of fused-ring (bicyclic) bond motifs is 1. The van der Waals surface area contributed by atoms with Crippen molar-refractivity contribution in [2.75, 3.05) is 0 Å². The van der Waals surface area contributed by atoms with E-state index in [1.165, 1.54) is 11.8 Å². The molecule has 0 aromatic heterocycles. The van der Waals surface area contributed by atoms with Gasteiger partial charge in [0.05, 0.1) is 16.8 Å². The zero-order valence-electron chi connectivity index (χ0n) is 14.9. The minimum atomic E-state index is -0.357. The largest absolute Gasteiger partial charge is 0.268 e. The number of nitrogens with zero attached hydrogens (tertiary/aromatic N) is 2. The minimum Gasteiger partial charge on any atom is -0.268 e. The Kier molecular flexibility index (Phi) is 5.17. The molecule has 1 aliphatic rings. The third kappa shape index (κ3) is 3.66. The van der Waals surface area contributed by atoms with E-state index in [0.29, 0.717) is 22.6 Å². The number of carbonyl (C=O) groups excluding carboxylic acids is 2. The highest BCUT2D eigenvalue weighted by Crippen LogP contribution is 2.25. The molecule has 0 saturated carbocycles. The second-order valence-corrected chi connectivity index (χ2v) is 7.01. The lowest BCUT2D eigenvalue weighted by Gasteiger charge is -2.14. The van der Waals surface area contributed by atoms with Crippen molar-refractivity contribution in [2.24, 2.45) is 4.99 Å². The Hall–Kier alpha value is -3.44. The van der Waals surface area contributed by atoms with Gasteiger partial charge in [0.2, 0.25) is 0 Å². The van der Waals surface area contributed by atoms with E-state index < -0.39 is 0 Å². The Labute approximate surface area is 167 Å². The molecule has 0 N–H and O–H groups in total. The summed E-state index contributed by atoms with van der Waals surface area (Å²) in [7, 11) is 0. The van der Waals surface area contributed by atoms with E-state index in [2.05, 4.69) is 4.99 Å². The molecule has 0 spiro atoms. The Morgan fingerprint density at radius 1 is 0.750 bits per heavy atom. The first-order valence-electron chi connectivity index (χ1n) is 8.74. The predicted octanol–water partition coefficient (Wildman–Crippen LogP) is 5.32. The lowest BCUT2D eigenvalue weighted by atomic mass is 10.1. The summed E-state index contributed by atoms with van der Waals surface area (Å²) in [6, 6.07) is 26.0. The average Bonchev–Trinajstić information content (AvgIpc) is 2.99. The van der Waals surface area contributed by atoms with Crippen LogP contribution >= 0.6 is 11.8 Å². The van der Waals surface area contributed by atoms with Crippen molar-refractivity contribution < 1.29 is 9.59 Å². The van der Waals surface area contributed by atoms with Crippen molar-refractivity contribution in [3.8, 4) is 0 Å². The molecule has 5 heteroatoms. The molecule has 3 aromatic carbocycles. The number of amidine groups is 1. The molecule has 2 amide bonds. The van der Waals surface area contributed by atoms with Crippen molar-refractivity contribution >= 4 is 35.1 Å². The average molecular weight is 384 g/mol. The molecule has 0 aliphatic carbocycles. The van der Waals surface area contributed by atoms with Crippen molar-refractivity contribution in [1.29, 1.82) is 0 Å². The van der Waals surface area contributed by atoms with Crippen LogP contribution in [0.1, 0.15) is 20.7 Å². The Morgan fingerprint density at radius 2 is 1.29 bits per heavy atom. The molecule has 0 atom stereocenters. The van der Waals surface area contributed by atoms with Crippen LogP contribution in [0.5, 0.6) is 0 Å². The molecule has 28 heavy (non-hydrogen) atoms. The number of aliphatic imine (C=N–C) groups is 1. The summed E-state index contributed by atoms with van der Waals surface area (Å²) in [5, 5.41) is 1.83. The van der Waals surface area contributed by atoms with Gasteiger partial charge in [-0.3, -0.25) is 9.59 Å². The van der Waals surface area contributed by atoms with Crippen molar-refractivity contribution in [3.63, 3.8) is 0 Å². The van der Waals surface area contributed by atoms with Crippen LogP contribution in [-0.4, -0.2) is 22.5 Å². The molecule has 0 saturated heterocycles. The van der Waals surface area contributed by atoms with Crippen LogP contribution in [0, 0.1) is 0 Å². The zero-order chi connectivity index (χ0) is 19.3. The monoisotopic (exact) mass is 384 g/mol. The fourth-order valence-electron chi connectivity index (χ4n) is 2.87. The predicted molar refractivity (Wildman–Crippen MR) is 112 cm³/mol. The van der Waals surface area contributed by atoms with Crippen LogP contribution in [0.4, 0.5) is 5.69 Å². The third-order valence-electron chi connectivity index (χ3n) is 4.19. The first-order chi connectivity index (χ1) is 13.7. The van der Waals surface area contributed by atoms with Crippen LogP contribution < -0.4 is 0 Å². The lowest BCUT2D eigenvalue weighted by molar-refractivity contribution is 0.0750. The van der Waals surface area contributed by atoms with E-state index in [1.807, 2.05) is 66.1 Å². The molecule has 4 nitrogen and oxygen atoms in total. The number of hydrogen-bond donors (Lipinski definition) is 0. The van der Waals surface area contributed by atoms with Gasteiger partial charge in [0, 0.05) is 4.90 Å². The van der Waals surface area contributed by atoms with E-state index in [0.717, 1.165) is 9.80 Å². The molecule has 0 fully saturated rings. The first-order valence-corrected chi connectivity index (χ1v) is 9.62. The van der Waals surface area contributed by atoms with Gasteiger partial charge in [-0.05, 0) is 47.9 Å². The van der Waals surface area contributed by atoms with Gasteiger partial charge in [0.15, 0.2) is 0 Å². The highest BCUT2D eigenvalue weighted by molar-refractivity contribution is 8.02. The van der Waals surface area contributed by atoms with Gasteiger partial charge < -0.3 is 0 Å². The Morgan fingerprint density at radius 3 is 1.89 bits per heavy atom. The summed E-state index contributed by atoms with van der Waals surface area (Å²) >= 11 is 1.49. The highest BCUT2D eigenvalue weighted by Gasteiger charge is 2.37. The number of thioether (sulfide) groups is 1. The summed E-state index contributed by atoms with van der Waals surface area (Å²) in [4.78, 5) is 32.5. The molecule has 0 unspecified atom stereocenters. The summed E-state index contributed by atoms with van der Waals surface area (Å²) in [6.07, 6.45) is 1.70. The Balaban J connectivity index is 1.69. The number of benzene rings is 3. The highest BCUT2D eigenvalue weighted by atomic mass is 32.2. The van der Waals surface area contributed by atoms with Crippen molar-refractivity contribution in [2.45, 2.75) is 4.90 Å². The summed E-state index contributed by atoms with van der Waals surface area (Å²) in [6.45, 7) is 0. The number of para-hydroxylation sites is 1. The van der Waals surface area contributed by atoms with E-state index in [9.17, 15) is 9.59 Å². The lowest BCUT2D eigenvalue weighted by Crippen LogP contribution is -2.34.